The van der Waals surface area contributed by atoms with Gasteiger partial charge in [-0.25, -0.2) is 4.79 Å². The number of fused-ring (bicyclic) bond motifs is 1. The maximum absolute atomic E-state index is 12.7. The number of nitroso groups, excluding NO2 is 1. The summed E-state index contributed by atoms with van der Waals surface area (Å²) in [5.41, 5.74) is -0.354. The second kappa shape index (κ2) is 7.84. The molecule has 1 saturated heterocycles. The Kier molecular flexibility index (Phi) is 5.05. The van der Waals surface area contributed by atoms with Crippen molar-refractivity contribution in [3.8, 4) is 23.5 Å². The molecule has 9 heteroatoms. The third-order valence-corrected chi connectivity index (χ3v) is 5.01. The van der Waals surface area contributed by atoms with Crippen LogP contribution in [0.2, 0.25) is 0 Å². The van der Waals surface area contributed by atoms with Crippen LogP contribution in [-0.4, -0.2) is 34.3 Å². The molecule has 3 N–H and O–H groups in total. The Morgan fingerprint density at radius 2 is 2.06 bits per heavy atom. The minimum absolute atomic E-state index is 0.00514. The zero-order valence-corrected chi connectivity index (χ0v) is 16.5. The fraction of sp³-hybridized carbons (Fsp3) is 0.182. The molecular weight excluding hydrogens is 400 g/mol. The van der Waals surface area contributed by atoms with E-state index in [1.54, 1.807) is 48.7 Å². The first kappa shape index (κ1) is 20.0. The number of carbonyl (C=O) groups is 2. The number of methoxy groups -OCH3 is 1. The van der Waals surface area contributed by atoms with Gasteiger partial charge in [0.05, 0.1) is 13.7 Å². The summed E-state index contributed by atoms with van der Waals surface area (Å²) in [6.45, 7) is -0.110. The highest BCUT2D eigenvalue weighted by atomic mass is 16.5. The van der Waals surface area contributed by atoms with E-state index < -0.39 is 17.5 Å². The zero-order chi connectivity index (χ0) is 22.0. The summed E-state index contributed by atoms with van der Waals surface area (Å²) in [4.78, 5) is 35.1. The minimum atomic E-state index is -1.59. The first-order valence-electron chi connectivity index (χ1n) is 9.35. The molecule has 3 aromatic rings. The number of ether oxygens (including phenoxy) is 1. The molecule has 2 aromatic carbocycles. The number of nitrogens with zero attached hydrogens (tertiary/aromatic N) is 2. The van der Waals surface area contributed by atoms with Crippen LogP contribution in [0.15, 0.2) is 53.8 Å². The lowest BCUT2D eigenvalue weighted by molar-refractivity contribution is -0.122. The molecule has 1 atom stereocenters. The number of hydrogen-bond acceptors (Lipinski definition) is 6. The number of nitrogens with one attached hydrogen (secondary N) is 2. The van der Waals surface area contributed by atoms with Gasteiger partial charge < -0.3 is 19.7 Å². The van der Waals surface area contributed by atoms with Crippen molar-refractivity contribution in [3.05, 3.63) is 64.7 Å². The van der Waals surface area contributed by atoms with Gasteiger partial charge in [-0.2, -0.15) is 4.91 Å². The van der Waals surface area contributed by atoms with E-state index in [2.05, 4.69) is 27.7 Å². The predicted molar refractivity (Wildman–Crippen MR) is 112 cm³/mol. The molecule has 3 amide bonds. The second-order valence-corrected chi connectivity index (χ2v) is 7.08. The quantitative estimate of drug-likeness (QED) is 0.333. The zero-order valence-electron chi connectivity index (χ0n) is 16.5. The van der Waals surface area contributed by atoms with Crippen molar-refractivity contribution in [1.82, 2.24) is 15.2 Å². The molecule has 0 spiro atoms. The SMILES string of the molecule is COc1ccc2cn(C[C@@]3(C#Cc4cccc(CN=O)c4)NC(=O)NC3=O)c(O)c2c1. The molecule has 0 aliphatic carbocycles. The molecule has 4 rings (SSSR count). The fourth-order valence-corrected chi connectivity index (χ4v) is 3.46. The molecule has 31 heavy (non-hydrogen) atoms. The van der Waals surface area contributed by atoms with Gasteiger partial charge in [-0.3, -0.25) is 10.1 Å². The van der Waals surface area contributed by atoms with Crippen molar-refractivity contribution >= 4 is 22.7 Å². The number of aromatic hydroxyl groups is 1. The molecule has 2 heterocycles. The monoisotopic (exact) mass is 418 g/mol. The molecule has 156 valence electrons. The van der Waals surface area contributed by atoms with E-state index in [0.29, 0.717) is 22.3 Å². The van der Waals surface area contributed by atoms with Gasteiger partial charge in [0.25, 0.3) is 5.91 Å². The molecule has 1 aliphatic rings. The maximum atomic E-state index is 12.7. The Morgan fingerprint density at radius 1 is 1.23 bits per heavy atom. The number of carbonyl (C=O) groups excluding carboxylic acids is 2. The first-order valence-corrected chi connectivity index (χ1v) is 9.35. The number of imide groups is 1. The Labute approximate surface area is 177 Å². The maximum Gasteiger partial charge on any atom is 0.323 e. The highest BCUT2D eigenvalue weighted by molar-refractivity contribution is 6.09. The van der Waals surface area contributed by atoms with Gasteiger partial charge in [-0.05, 0) is 35.9 Å². The van der Waals surface area contributed by atoms with Gasteiger partial charge in [0, 0.05) is 22.5 Å². The van der Waals surface area contributed by atoms with E-state index in [0.717, 1.165) is 5.39 Å². The van der Waals surface area contributed by atoms with Crippen LogP contribution >= 0.6 is 0 Å². The van der Waals surface area contributed by atoms with Crippen LogP contribution < -0.4 is 15.4 Å². The van der Waals surface area contributed by atoms with Crippen LogP contribution in [0.4, 0.5) is 4.79 Å². The minimum Gasteiger partial charge on any atom is -0.497 e. The number of urea groups is 1. The molecular formula is C22H18N4O5. The molecule has 0 unspecified atom stereocenters. The van der Waals surface area contributed by atoms with Gasteiger partial charge in [0.2, 0.25) is 5.54 Å². The number of hydrogen-bond donors (Lipinski definition) is 3. The third kappa shape index (κ3) is 3.79. The molecule has 1 aromatic heterocycles. The predicted octanol–water partition coefficient (Wildman–Crippen LogP) is 2.25. The van der Waals surface area contributed by atoms with Gasteiger partial charge >= 0.3 is 6.03 Å². The van der Waals surface area contributed by atoms with Crippen molar-refractivity contribution in [2.75, 3.05) is 7.11 Å². The normalized spacial score (nSPS) is 17.6. The van der Waals surface area contributed by atoms with E-state index in [9.17, 15) is 19.6 Å². The van der Waals surface area contributed by atoms with E-state index in [4.69, 9.17) is 4.74 Å². The number of rotatable bonds is 5. The summed E-state index contributed by atoms with van der Waals surface area (Å²) >= 11 is 0. The Morgan fingerprint density at radius 3 is 2.77 bits per heavy atom. The molecule has 0 saturated carbocycles. The van der Waals surface area contributed by atoms with Crippen molar-refractivity contribution < 1.29 is 19.4 Å². The van der Waals surface area contributed by atoms with Crippen molar-refractivity contribution in [2.45, 2.75) is 18.6 Å². The van der Waals surface area contributed by atoms with E-state index in [1.165, 1.54) is 11.7 Å². The van der Waals surface area contributed by atoms with Crippen LogP contribution in [0, 0.1) is 16.7 Å². The number of amides is 3. The van der Waals surface area contributed by atoms with Crippen LogP contribution in [0.25, 0.3) is 10.8 Å². The van der Waals surface area contributed by atoms with Crippen LogP contribution in [-0.2, 0) is 17.9 Å². The summed E-state index contributed by atoms with van der Waals surface area (Å²) in [6.07, 6.45) is 1.67. The molecule has 9 nitrogen and oxygen atoms in total. The summed E-state index contributed by atoms with van der Waals surface area (Å²) in [6, 6.07) is 11.4. The second-order valence-electron chi connectivity index (χ2n) is 7.08. The Hall–Kier alpha value is -4.32. The number of aromatic nitrogens is 1. The van der Waals surface area contributed by atoms with E-state index in [-0.39, 0.29) is 19.0 Å². The molecule has 0 bridgehead atoms. The summed E-state index contributed by atoms with van der Waals surface area (Å²) in [7, 11) is 1.53. The summed E-state index contributed by atoms with van der Waals surface area (Å²) in [5, 5.41) is 19.6. The van der Waals surface area contributed by atoms with E-state index in [1.807, 2.05) is 0 Å². The highest BCUT2D eigenvalue weighted by Crippen LogP contribution is 2.32. The molecule has 1 aliphatic heterocycles. The van der Waals surface area contributed by atoms with Crippen LogP contribution in [0.3, 0.4) is 0 Å². The molecule has 1 fully saturated rings. The van der Waals surface area contributed by atoms with E-state index >= 15 is 0 Å². The average molecular weight is 418 g/mol. The van der Waals surface area contributed by atoms with Gasteiger partial charge in [-0.1, -0.05) is 29.2 Å². The largest absolute Gasteiger partial charge is 0.497 e. The Bertz CT molecular complexity index is 1270. The third-order valence-electron chi connectivity index (χ3n) is 5.01. The lowest BCUT2D eigenvalue weighted by Gasteiger charge is -2.20. The number of benzene rings is 2. The first-order chi connectivity index (χ1) is 14.9. The smallest absolute Gasteiger partial charge is 0.323 e. The lowest BCUT2D eigenvalue weighted by Crippen LogP contribution is -2.49. The van der Waals surface area contributed by atoms with Gasteiger partial charge in [0.15, 0.2) is 5.88 Å². The van der Waals surface area contributed by atoms with Crippen molar-refractivity contribution in [3.63, 3.8) is 0 Å². The topological polar surface area (TPSA) is 122 Å². The van der Waals surface area contributed by atoms with Crippen molar-refractivity contribution in [1.29, 1.82) is 0 Å². The van der Waals surface area contributed by atoms with Gasteiger partial charge in [-0.15, -0.1) is 0 Å². The fourth-order valence-electron chi connectivity index (χ4n) is 3.46. The van der Waals surface area contributed by atoms with Crippen LogP contribution in [0.5, 0.6) is 11.6 Å². The standard InChI is InChI=1S/C22H18N4O5/c1-31-17-6-5-16-12-26(19(27)18(16)10-17)13-22(20(28)24-21(29)25-22)8-7-14-3-2-4-15(9-14)11-23-30/h2-6,9-10,12,27H,11,13H2,1H3,(H2,24,25,28,29)/t22-/m1/s1. The average Bonchev–Trinajstić information content (AvgIpc) is 3.22. The summed E-state index contributed by atoms with van der Waals surface area (Å²) in [5.74, 6) is 5.60. The van der Waals surface area contributed by atoms with Crippen LogP contribution in [0.1, 0.15) is 11.1 Å². The highest BCUT2D eigenvalue weighted by Gasteiger charge is 2.46. The van der Waals surface area contributed by atoms with Crippen molar-refractivity contribution in [2.24, 2.45) is 5.18 Å². The molecule has 0 radical (unpaired) electrons. The summed E-state index contributed by atoms with van der Waals surface area (Å²) < 4.78 is 6.65. The van der Waals surface area contributed by atoms with Gasteiger partial charge in [0.1, 0.15) is 12.3 Å². The lowest BCUT2D eigenvalue weighted by atomic mass is 9.99. The Balaban J connectivity index is 1.73.